The van der Waals surface area contributed by atoms with Crippen LogP contribution in [0.2, 0.25) is 0 Å². The van der Waals surface area contributed by atoms with Crippen LogP contribution >= 0.6 is 11.8 Å². The molecule has 0 aliphatic carbocycles. The maximum Gasteiger partial charge on any atom is 0.192 e. The Labute approximate surface area is 195 Å². The van der Waals surface area contributed by atoms with E-state index >= 15 is 0 Å². The van der Waals surface area contributed by atoms with Crippen LogP contribution in [-0.2, 0) is 13.1 Å². The molecule has 8 heteroatoms. The number of benzene rings is 3. The van der Waals surface area contributed by atoms with Gasteiger partial charge in [0.2, 0.25) is 0 Å². The van der Waals surface area contributed by atoms with E-state index in [1.54, 1.807) is 43.5 Å². The third-order valence-electron chi connectivity index (χ3n) is 5.02. The van der Waals surface area contributed by atoms with Gasteiger partial charge in [0.15, 0.2) is 16.8 Å². The first-order chi connectivity index (χ1) is 16.1. The smallest absolute Gasteiger partial charge is 0.192 e. The molecular formula is C25H23FN4O2S. The van der Waals surface area contributed by atoms with E-state index in [4.69, 9.17) is 4.74 Å². The minimum atomic E-state index is -0.284. The molecule has 0 saturated carbocycles. The first-order valence-electron chi connectivity index (χ1n) is 10.4. The minimum absolute atomic E-state index is 0.00269. The zero-order valence-corrected chi connectivity index (χ0v) is 18.9. The number of carbonyl (C=O) groups excluding carboxylic acids is 1. The second-order valence-electron chi connectivity index (χ2n) is 7.27. The summed E-state index contributed by atoms with van der Waals surface area (Å²) < 4.78 is 20.3. The highest BCUT2D eigenvalue weighted by atomic mass is 32.2. The maximum absolute atomic E-state index is 13.2. The number of hydrogen-bond acceptors (Lipinski definition) is 6. The Morgan fingerprint density at radius 1 is 1.00 bits per heavy atom. The number of rotatable bonds is 10. The van der Waals surface area contributed by atoms with Crippen LogP contribution in [0, 0.1) is 5.82 Å². The van der Waals surface area contributed by atoms with E-state index < -0.39 is 0 Å². The Bertz CT molecular complexity index is 1200. The number of ether oxygens (including phenoxy) is 1. The van der Waals surface area contributed by atoms with Gasteiger partial charge in [0, 0.05) is 11.3 Å². The number of halogens is 1. The van der Waals surface area contributed by atoms with Crippen LogP contribution in [0.25, 0.3) is 0 Å². The first-order valence-corrected chi connectivity index (χ1v) is 11.4. The van der Waals surface area contributed by atoms with Gasteiger partial charge in [-0.15, -0.1) is 10.2 Å². The summed E-state index contributed by atoms with van der Waals surface area (Å²) in [6, 6.07) is 23.2. The van der Waals surface area contributed by atoms with Crippen LogP contribution in [0.15, 0.2) is 84.0 Å². The summed E-state index contributed by atoms with van der Waals surface area (Å²) in [7, 11) is 1.59. The summed E-state index contributed by atoms with van der Waals surface area (Å²) in [6.07, 6.45) is 0. The molecule has 0 spiro atoms. The van der Waals surface area contributed by atoms with E-state index in [1.807, 2.05) is 34.9 Å². The number of aromatic nitrogens is 3. The molecule has 0 atom stereocenters. The van der Waals surface area contributed by atoms with Gasteiger partial charge in [-0.25, -0.2) is 4.39 Å². The van der Waals surface area contributed by atoms with Gasteiger partial charge in [0.05, 0.1) is 26.0 Å². The quantitative estimate of drug-likeness (QED) is 0.262. The summed E-state index contributed by atoms with van der Waals surface area (Å²) in [5, 5.41) is 12.6. The molecule has 0 saturated heterocycles. The molecule has 0 aliphatic rings. The number of Topliss-reactive ketones (excluding diaryl/α,β-unsaturated/α-hetero) is 1. The van der Waals surface area contributed by atoms with E-state index in [0.717, 1.165) is 17.1 Å². The summed E-state index contributed by atoms with van der Waals surface area (Å²) in [6.45, 7) is 0.992. The van der Waals surface area contributed by atoms with E-state index in [9.17, 15) is 9.18 Å². The van der Waals surface area contributed by atoms with Crippen molar-refractivity contribution in [3.63, 3.8) is 0 Å². The highest BCUT2D eigenvalue weighted by Gasteiger charge is 2.16. The SMILES string of the molecule is COc1ccc(C(=O)CSc2nnc(CNc3ccc(F)cc3)n2Cc2ccccc2)cc1. The lowest BCUT2D eigenvalue weighted by Crippen LogP contribution is -2.11. The van der Waals surface area contributed by atoms with Gasteiger partial charge >= 0.3 is 0 Å². The van der Waals surface area contributed by atoms with Crippen molar-refractivity contribution in [3.05, 3.63) is 102 Å². The minimum Gasteiger partial charge on any atom is -0.497 e. The Balaban J connectivity index is 1.49. The predicted molar refractivity (Wildman–Crippen MR) is 127 cm³/mol. The van der Waals surface area contributed by atoms with Crippen molar-refractivity contribution in [2.24, 2.45) is 0 Å². The third kappa shape index (κ3) is 5.98. The standard InChI is InChI=1S/C25H23FN4O2S/c1-32-22-13-7-19(8-14-22)23(31)17-33-25-29-28-24(15-27-21-11-9-20(26)10-12-21)30(25)16-18-5-3-2-4-6-18/h2-14,27H,15-17H2,1H3. The predicted octanol–water partition coefficient (Wildman–Crippen LogP) is 5.06. The fraction of sp³-hybridized carbons (Fsp3) is 0.160. The largest absolute Gasteiger partial charge is 0.497 e. The van der Waals surface area contributed by atoms with Gasteiger partial charge in [-0.05, 0) is 54.1 Å². The number of ketones is 1. The van der Waals surface area contributed by atoms with Crippen molar-refractivity contribution in [3.8, 4) is 5.75 Å². The van der Waals surface area contributed by atoms with Gasteiger partial charge in [-0.2, -0.15) is 0 Å². The van der Waals surface area contributed by atoms with E-state index in [1.165, 1.54) is 23.9 Å². The summed E-state index contributed by atoms with van der Waals surface area (Å²) in [5.74, 6) is 1.39. The molecule has 0 unspecified atom stereocenters. The van der Waals surface area contributed by atoms with Crippen LogP contribution in [0.3, 0.4) is 0 Å². The normalized spacial score (nSPS) is 10.7. The van der Waals surface area contributed by atoms with Gasteiger partial charge in [0.1, 0.15) is 11.6 Å². The Morgan fingerprint density at radius 2 is 1.73 bits per heavy atom. The number of carbonyl (C=O) groups is 1. The number of methoxy groups -OCH3 is 1. The molecule has 0 radical (unpaired) electrons. The molecule has 0 aliphatic heterocycles. The fourth-order valence-corrected chi connectivity index (χ4v) is 4.07. The number of nitrogens with one attached hydrogen (secondary N) is 1. The third-order valence-corrected chi connectivity index (χ3v) is 5.98. The molecule has 33 heavy (non-hydrogen) atoms. The van der Waals surface area contributed by atoms with Crippen molar-refractivity contribution in [1.29, 1.82) is 0 Å². The molecular weight excluding hydrogens is 439 g/mol. The lowest BCUT2D eigenvalue weighted by Gasteiger charge is -2.11. The fourth-order valence-electron chi connectivity index (χ4n) is 3.22. The number of nitrogens with zero attached hydrogens (tertiary/aromatic N) is 3. The Kier molecular flexibility index (Phi) is 7.36. The van der Waals surface area contributed by atoms with E-state index in [2.05, 4.69) is 15.5 Å². The number of hydrogen-bond donors (Lipinski definition) is 1. The molecule has 0 bridgehead atoms. The zero-order chi connectivity index (χ0) is 23.0. The van der Waals surface area contributed by atoms with Crippen LogP contribution in [0.4, 0.5) is 10.1 Å². The van der Waals surface area contributed by atoms with Gasteiger partial charge in [0.25, 0.3) is 0 Å². The Morgan fingerprint density at radius 3 is 2.42 bits per heavy atom. The van der Waals surface area contributed by atoms with E-state index in [-0.39, 0.29) is 17.4 Å². The summed E-state index contributed by atoms with van der Waals surface area (Å²) in [5.41, 5.74) is 2.51. The number of anilines is 1. The van der Waals surface area contributed by atoms with Gasteiger partial charge < -0.3 is 14.6 Å². The van der Waals surface area contributed by atoms with Crippen molar-refractivity contribution >= 4 is 23.2 Å². The van der Waals surface area contributed by atoms with Crippen LogP contribution in [0.5, 0.6) is 5.75 Å². The second kappa shape index (κ2) is 10.8. The van der Waals surface area contributed by atoms with Gasteiger partial charge in [-0.1, -0.05) is 42.1 Å². The van der Waals surface area contributed by atoms with Crippen molar-refractivity contribution in [2.45, 2.75) is 18.2 Å². The molecule has 4 rings (SSSR count). The summed E-state index contributed by atoms with van der Waals surface area (Å²) in [4.78, 5) is 12.7. The lowest BCUT2D eigenvalue weighted by atomic mass is 10.1. The average molecular weight is 463 g/mol. The van der Waals surface area contributed by atoms with Gasteiger partial charge in [-0.3, -0.25) is 4.79 Å². The highest BCUT2D eigenvalue weighted by Crippen LogP contribution is 2.22. The van der Waals surface area contributed by atoms with Crippen LogP contribution in [0.1, 0.15) is 21.7 Å². The second-order valence-corrected chi connectivity index (χ2v) is 8.21. The topological polar surface area (TPSA) is 69.0 Å². The zero-order valence-electron chi connectivity index (χ0n) is 18.1. The van der Waals surface area contributed by atoms with Crippen LogP contribution in [-0.4, -0.2) is 33.4 Å². The van der Waals surface area contributed by atoms with Crippen molar-refractivity contribution in [1.82, 2.24) is 14.8 Å². The maximum atomic E-state index is 13.2. The average Bonchev–Trinajstić information content (AvgIpc) is 3.24. The lowest BCUT2D eigenvalue weighted by molar-refractivity contribution is 0.102. The molecule has 168 valence electrons. The highest BCUT2D eigenvalue weighted by molar-refractivity contribution is 7.99. The molecule has 0 fully saturated rings. The molecule has 1 aromatic heterocycles. The monoisotopic (exact) mass is 462 g/mol. The van der Waals surface area contributed by atoms with E-state index in [0.29, 0.717) is 29.6 Å². The Hall–Kier alpha value is -3.65. The molecule has 1 N–H and O–H groups in total. The summed E-state index contributed by atoms with van der Waals surface area (Å²) >= 11 is 1.35. The molecule has 3 aromatic carbocycles. The van der Waals surface area contributed by atoms with Crippen molar-refractivity contribution < 1.29 is 13.9 Å². The van der Waals surface area contributed by atoms with Crippen molar-refractivity contribution in [2.75, 3.05) is 18.2 Å². The first kappa shape index (κ1) is 22.5. The number of thioether (sulfide) groups is 1. The van der Waals surface area contributed by atoms with Crippen LogP contribution < -0.4 is 10.1 Å². The molecule has 6 nitrogen and oxygen atoms in total. The molecule has 4 aromatic rings. The molecule has 0 amide bonds. The molecule has 1 heterocycles.